The number of carbonyl (C=O) groups excluding carboxylic acids is 1. The Morgan fingerprint density at radius 1 is 1.26 bits per heavy atom. The lowest BCUT2D eigenvalue weighted by Gasteiger charge is -2.45. The van der Waals surface area contributed by atoms with Gasteiger partial charge in [-0.2, -0.15) is 0 Å². The number of halogens is 1. The first-order valence-corrected chi connectivity index (χ1v) is 16.8. The van der Waals surface area contributed by atoms with Gasteiger partial charge >= 0.3 is 0 Å². The predicted molar refractivity (Wildman–Crippen MR) is 168 cm³/mol. The van der Waals surface area contributed by atoms with E-state index in [1.54, 1.807) is 31.2 Å². The molecule has 1 amide bonds. The number of ether oxygens (including phenoxy) is 1. The average Bonchev–Trinajstić information content (AvgIpc) is 3.08. The molecule has 226 valence electrons. The number of hydrogen-bond donors (Lipinski definition) is 2. The molecule has 1 spiro atoms. The van der Waals surface area contributed by atoms with E-state index in [4.69, 9.17) is 16.3 Å². The zero-order valence-electron chi connectivity index (χ0n) is 24.2. The lowest BCUT2D eigenvalue weighted by molar-refractivity contribution is 0.0178. The quantitative estimate of drug-likeness (QED) is 0.329. The minimum Gasteiger partial charge on any atom is -0.490 e. The van der Waals surface area contributed by atoms with Gasteiger partial charge in [-0.25, -0.2) is 13.1 Å². The van der Waals surface area contributed by atoms with Crippen molar-refractivity contribution in [2.45, 2.75) is 68.6 Å². The molecule has 2 N–H and O–H groups in total. The number of benzene rings is 2. The molecule has 5 atom stereocenters. The number of sulfonamides is 1. The van der Waals surface area contributed by atoms with Crippen molar-refractivity contribution in [1.29, 1.82) is 0 Å². The summed E-state index contributed by atoms with van der Waals surface area (Å²) in [6.07, 6.45) is 8.43. The fourth-order valence-electron chi connectivity index (χ4n) is 6.99. The van der Waals surface area contributed by atoms with Crippen molar-refractivity contribution >= 4 is 33.2 Å². The SMILES string of the molecule is C=CC[C@H](O)[C@@H]1CC[C@H]1CN1C[C@@]2(CCCc3cc(Cl)ccc32)COc2ccc(C(=O)NS(=O)(=O)[C@@H](C=C)CC)cc21. The van der Waals surface area contributed by atoms with E-state index in [-0.39, 0.29) is 22.8 Å². The minimum absolute atomic E-state index is 0.172. The highest BCUT2D eigenvalue weighted by molar-refractivity contribution is 7.90. The first kappa shape index (κ1) is 30.6. The molecule has 2 aromatic rings. The summed E-state index contributed by atoms with van der Waals surface area (Å²) in [6, 6.07) is 11.3. The van der Waals surface area contributed by atoms with Crippen molar-refractivity contribution in [3.63, 3.8) is 0 Å². The molecule has 1 fully saturated rings. The Labute approximate surface area is 254 Å². The maximum Gasteiger partial charge on any atom is 0.264 e. The number of carbonyl (C=O) groups is 1. The van der Waals surface area contributed by atoms with Crippen molar-refractivity contribution in [3.05, 3.63) is 83.4 Å². The van der Waals surface area contributed by atoms with E-state index < -0.39 is 27.3 Å². The number of amides is 1. The van der Waals surface area contributed by atoms with Crippen molar-refractivity contribution in [3.8, 4) is 5.75 Å². The third-order valence-corrected chi connectivity index (χ3v) is 11.5. The lowest BCUT2D eigenvalue weighted by atomic mass is 9.68. The second-order valence-electron chi connectivity index (χ2n) is 12.0. The molecule has 0 saturated heterocycles. The first-order chi connectivity index (χ1) is 20.1. The van der Waals surface area contributed by atoms with Crippen LogP contribution < -0.4 is 14.4 Å². The topological polar surface area (TPSA) is 95.9 Å². The van der Waals surface area contributed by atoms with Crippen molar-refractivity contribution in [1.82, 2.24) is 4.72 Å². The second kappa shape index (κ2) is 12.4. The molecule has 2 aromatic carbocycles. The Kier molecular flexibility index (Phi) is 9.07. The Morgan fingerprint density at radius 3 is 2.76 bits per heavy atom. The molecule has 9 heteroatoms. The predicted octanol–water partition coefficient (Wildman–Crippen LogP) is 5.80. The van der Waals surface area contributed by atoms with Crippen LogP contribution in [0.25, 0.3) is 0 Å². The monoisotopic (exact) mass is 612 g/mol. The van der Waals surface area contributed by atoms with E-state index in [0.717, 1.165) is 42.8 Å². The number of hydrogen-bond acceptors (Lipinski definition) is 6. The highest BCUT2D eigenvalue weighted by Gasteiger charge is 2.44. The Hall–Kier alpha value is -2.81. The van der Waals surface area contributed by atoms with Crippen LogP contribution in [0.3, 0.4) is 0 Å². The van der Waals surface area contributed by atoms with Gasteiger partial charge in [0.05, 0.1) is 23.6 Å². The van der Waals surface area contributed by atoms with Crippen molar-refractivity contribution in [2.24, 2.45) is 11.8 Å². The van der Waals surface area contributed by atoms with E-state index in [1.165, 1.54) is 17.2 Å². The summed E-state index contributed by atoms with van der Waals surface area (Å²) in [7, 11) is -3.92. The van der Waals surface area contributed by atoms with Gasteiger partial charge in [0, 0.05) is 29.1 Å². The van der Waals surface area contributed by atoms with Crippen LogP contribution in [0.2, 0.25) is 5.02 Å². The van der Waals surface area contributed by atoms with E-state index in [1.807, 2.05) is 6.07 Å². The molecular weight excluding hydrogens is 572 g/mol. The summed E-state index contributed by atoms with van der Waals surface area (Å²) in [6.45, 7) is 11.0. The summed E-state index contributed by atoms with van der Waals surface area (Å²) in [5, 5.41) is 10.6. The molecule has 42 heavy (non-hydrogen) atoms. The maximum absolute atomic E-state index is 13.2. The van der Waals surface area contributed by atoms with Crippen molar-refractivity contribution < 1.29 is 23.1 Å². The van der Waals surface area contributed by atoms with Gasteiger partial charge in [0.2, 0.25) is 10.0 Å². The molecule has 2 aliphatic carbocycles. The maximum atomic E-state index is 13.2. The number of rotatable bonds is 10. The van der Waals surface area contributed by atoms with E-state index in [9.17, 15) is 18.3 Å². The number of nitrogens with one attached hydrogen (secondary N) is 1. The molecular formula is C33H41ClN2O5S. The number of nitrogens with zero attached hydrogens (tertiary/aromatic N) is 1. The number of aryl methyl sites for hydroxylation is 1. The molecule has 0 bridgehead atoms. The van der Waals surface area contributed by atoms with Gasteiger partial charge in [0.1, 0.15) is 5.75 Å². The van der Waals surface area contributed by atoms with Gasteiger partial charge in [0.25, 0.3) is 5.91 Å². The van der Waals surface area contributed by atoms with Gasteiger partial charge < -0.3 is 14.7 Å². The normalized spacial score (nSPS) is 24.7. The van der Waals surface area contributed by atoms with Crippen LogP contribution >= 0.6 is 11.6 Å². The molecule has 1 aliphatic heterocycles. The number of aliphatic hydroxyl groups excluding tert-OH is 1. The molecule has 0 aromatic heterocycles. The van der Waals surface area contributed by atoms with Gasteiger partial charge in [0.15, 0.2) is 0 Å². The second-order valence-corrected chi connectivity index (χ2v) is 14.4. The van der Waals surface area contributed by atoms with Gasteiger partial charge in [-0.05, 0) is 98.2 Å². The van der Waals surface area contributed by atoms with Crippen LogP contribution in [-0.4, -0.2) is 50.5 Å². The Balaban J connectivity index is 1.51. The van der Waals surface area contributed by atoms with Crippen LogP contribution in [0.1, 0.15) is 66.9 Å². The average molecular weight is 613 g/mol. The van der Waals surface area contributed by atoms with Crippen LogP contribution in [-0.2, 0) is 21.9 Å². The third kappa shape index (κ3) is 5.99. The molecule has 3 aliphatic rings. The molecule has 1 saturated carbocycles. The number of fused-ring (bicyclic) bond motifs is 3. The number of anilines is 1. The molecule has 7 nitrogen and oxygen atoms in total. The Morgan fingerprint density at radius 2 is 2.07 bits per heavy atom. The van der Waals surface area contributed by atoms with Crippen LogP contribution in [0.4, 0.5) is 5.69 Å². The standard InChI is InChI=1S/C33H41ClN2O5S/c1-4-8-30(37)27-13-10-24(27)19-36-20-33(16-7-9-22-17-25(34)12-14-28(22)33)21-41-31-15-11-23(18-29(31)36)32(38)35-42(39,40)26(5-2)6-3/h4-5,11-12,14-15,17-18,24,26-27,30,37H,1-2,6-10,13,16,19-21H2,3H3,(H,35,38)/t24-,26-,27+,30-,33-/m0/s1. The first-order valence-electron chi connectivity index (χ1n) is 14.9. The van der Waals surface area contributed by atoms with E-state index >= 15 is 0 Å². The molecule has 0 unspecified atom stereocenters. The number of aliphatic hydroxyl groups is 1. The highest BCUT2D eigenvalue weighted by atomic mass is 35.5. The highest BCUT2D eigenvalue weighted by Crippen LogP contribution is 2.46. The zero-order chi connectivity index (χ0) is 30.1. The summed E-state index contributed by atoms with van der Waals surface area (Å²) in [5.41, 5.74) is 3.21. The smallest absolute Gasteiger partial charge is 0.264 e. The summed E-state index contributed by atoms with van der Waals surface area (Å²) < 4.78 is 34.3. The van der Waals surface area contributed by atoms with Gasteiger partial charge in [-0.15, -0.1) is 13.2 Å². The summed E-state index contributed by atoms with van der Waals surface area (Å²) in [5.74, 6) is 0.419. The fourth-order valence-corrected chi connectivity index (χ4v) is 8.40. The summed E-state index contributed by atoms with van der Waals surface area (Å²) in [4.78, 5) is 15.5. The summed E-state index contributed by atoms with van der Waals surface area (Å²) >= 11 is 6.38. The van der Waals surface area contributed by atoms with E-state index in [0.29, 0.717) is 38.3 Å². The van der Waals surface area contributed by atoms with Crippen molar-refractivity contribution in [2.75, 3.05) is 24.6 Å². The van der Waals surface area contributed by atoms with Gasteiger partial charge in [-0.1, -0.05) is 36.7 Å². The molecule has 1 heterocycles. The molecule has 5 rings (SSSR count). The zero-order valence-corrected chi connectivity index (χ0v) is 25.8. The Bertz CT molecular complexity index is 1460. The molecule has 0 radical (unpaired) electrons. The van der Waals surface area contributed by atoms with E-state index in [2.05, 4.69) is 34.9 Å². The minimum atomic E-state index is -3.92. The fraction of sp³-hybridized carbons (Fsp3) is 0.485. The lowest BCUT2D eigenvalue weighted by Crippen LogP contribution is -2.49. The largest absolute Gasteiger partial charge is 0.490 e. The van der Waals surface area contributed by atoms with Crippen LogP contribution in [0, 0.1) is 11.8 Å². The van der Waals surface area contributed by atoms with Gasteiger partial charge in [-0.3, -0.25) is 4.79 Å². The van der Waals surface area contributed by atoms with Crippen LogP contribution in [0.15, 0.2) is 61.7 Å². The third-order valence-electron chi connectivity index (χ3n) is 9.43. The van der Waals surface area contributed by atoms with Crippen LogP contribution in [0.5, 0.6) is 5.75 Å².